The fraction of sp³-hybridized carbons (Fsp3) is 0.625. The SMILES string of the molecule is CCC[C@@]12CCNC[C@@H]1CCc1ccc(O)cc12. The minimum Gasteiger partial charge on any atom is -0.508 e. The largest absolute Gasteiger partial charge is 0.508 e. The van der Waals surface area contributed by atoms with E-state index in [1.807, 2.05) is 12.1 Å². The van der Waals surface area contributed by atoms with Crippen molar-refractivity contribution < 1.29 is 5.11 Å². The average Bonchev–Trinajstić information content (AvgIpc) is 2.39. The third kappa shape index (κ3) is 1.74. The van der Waals surface area contributed by atoms with E-state index in [0.29, 0.717) is 11.2 Å². The average molecular weight is 245 g/mol. The molecule has 2 nitrogen and oxygen atoms in total. The number of phenols is 1. The number of phenolic OH excluding ortho intramolecular Hbond substituents is 1. The summed E-state index contributed by atoms with van der Waals surface area (Å²) in [5.74, 6) is 1.18. The molecule has 2 N–H and O–H groups in total. The quantitative estimate of drug-likeness (QED) is 0.839. The van der Waals surface area contributed by atoms with Crippen molar-refractivity contribution in [3.8, 4) is 5.75 Å². The topological polar surface area (TPSA) is 32.3 Å². The number of hydrogen-bond donors (Lipinski definition) is 2. The van der Waals surface area contributed by atoms with E-state index in [4.69, 9.17) is 0 Å². The Morgan fingerprint density at radius 1 is 1.44 bits per heavy atom. The van der Waals surface area contributed by atoms with Crippen molar-refractivity contribution in [2.45, 2.75) is 44.4 Å². The number of hydrogen-bond acceptors (Lipinski definition) is 2. The molecule has 98 valence electrons. The molecule has 0 aromatic heterocycles. The summed E-state index contributed by atoms with van der Waals surface area (Å²) in [6, 6.07) is 6.03. The molecule has 1 fully saturated rings. The molecule has 0 amide bonds. The van der Waals surface area contributed by atoms with Gasteiger partial charge in [0.25, 0.3) is 0 Å². The van der Waals surface area contributed by atoms with E-state index >= 15 is 0 Å². The van der Waals surface area contributed by atoms with Gasteiger partial charge in [0, 0.05) is 5.41 Å². The van der Waals surface area contributed by atoms with Crippen molar-refractivity contribution in [1.29, 1.82) is 0 Å². The Balaban J connectivity index is 2.10. The smallest absolute Gasteiger partial charge is 0.115 e. The molecule has 1 aliphatic heterocycles. The number of benzene rings is 1. The van der Waals surface area contributed by atoms with Crippen LogP contribution in [-0.2, 0) is 11.8 Å². The van der Waals surface area contributed by atoms with E-state index in [-0.39, 0.29) is 0 Å². The minimum absolute atomic E-state index is 0.326. The van der Waals surface area contributed by atoms with E-state index in [2.05, 4.69) is 18.3 Å². The Morgan fingerprint density at radius 3 is 3.17 bits per heavy atom. The Bertz CT molecular complexity index is 439. The van der Waals surface area contributed by atoms with Crippen LogP contribution in [0.25, 0.3) is 0 Å². The molecule has 0 bridgehead atoms. The molecular formula is C16H23NO. The van der Waals surface area contributed by atoms with Gasteiger partial charge >= 0.3 is 0 Å². The normalized spacial score (nSPS) is 30.6. The Hall–Kier alpha value is -1.02. The van der Waals surface area contributed by atoms with E-state index in [0.717, 1.165) is 19.0 Å². The Kier molecular flexibility index (Phi) is 3.06. The molecule has 3 rings (SSSR count). The number of nitrogens with one attached hydrogen (secondary N) is 1. The summed E-state index contributed by atoms with van der Waals surface area (Å²) in [4.78, 5) is 0. The molecule has 2 aliphatic rings. The van der Waals surface area contributed by atoms with Gasteiger partial charge in [0.05, 0.1) is 0 Å². The van der Waals surface area contributed by atoms with Gasteiger partial charge in [-0.2, -0.15) is 0 Å². The lowest BCUT2D eigenvalue weighted by Gasteiger charge is -2.49. The molecule has 0 saturated carbocycles. The van der Waals surface area contributed by atoms with Gasteiger partial charge < -0.3 is 10.4 Å². The van der Waals surface area contributed by atoms with E-state index in [1.165, 1.54) is 43.2 Å². The van der Waals surface area contributed by atoms with Crippen molar-refractivity contribution in [2.75, 3.05) is 13.1 Å². The number of rotatable bonds is 2. The van der Waals surface area contributed by atoms with Gasteiger partial charge in [-0.05, 0) is 68.0 Å². The highest BCUT2D eigenvalue weighted by molar-refractivity contribution is 5.43. The van der Waals surface area contributed by atoms with Gasteiger partial charge in [-0.3, -0.25) is 0 Å². The van der Waals surface area contributed by atoms with Crippen LogP contribution in [0.15, 0.2) is 18.2 Å². The van der Waals surface area contributed by atoms with E-state index < -0.39 is 0 Å². The lowest BCUT2D eigenvalue weighted by Crippen LogP contribution is -2.50. The summed E-state index contributed by atoms with van der Waals surface area (Å²) in [6.07, 6.45) is 6.18. The first-order valence-electron chi connectivity index (χ1n) is 7.29. The van der Waals surface area contributed by atoms with E-state index in [9.17, 15) is 5.11 Å². The summed E-state index contributed by atoms with van der Waals surface area (Å²) in [5, 5.41) is 13.4. The summed E-state index contributed by atoms with van der Waals surface area (Å²) in [5.41, 5.74) is 3.24. The van der Waals surface area contributed by atoms with Gasteiger partial charge in [-0.1, -0.05) is 19.4 Å². The van der Waals surface area contributed by atoms with Gasteiger partial charge in [0.15, 0.2) is 0 Å². The number of aryl methyl sites for hydroxylation is 1. The van der Waals surface area contributed by atoms with Gasteiger partial charge in [0.2, 0.25) is 0 Å². The van der Waals surface area contributed by atoms with E-state index in [1.54, 1.807) is 0 Å². The molecule has 1 aliphatic carbocycles. The maximum Gasteiger partial charge on any atom is 0.115 e. The predicted molar refractivity (Wildman–Crippen MR) is 74.0 cm³/mol. The highest BCUT2D eigenvalue weighted by atomic mass is 16.3. The summed E-state index contributed by atoms with van der Waals surface area (Å²) in [6.45, 7) is 4.55. The fourth-order valence-electron chi connectivity index (χ4n) is 4.21. The standard InChI is InChI=1S/C16H23NO/c1-2-7-16-8-9-17-11-13(16)5-3-12-4-6-14(18)10-15(12)16/h4,6,10,13,17-18H,2-3,5,7-9,11H2,1H3/t13-,16+/m0/s1. The molecule has 2 heteroatoms. The molecule has 0 spiro atoms. The van der Waals surface area contributed by atoms with Crippen LogP contribution < -0.4 is 5.32 Å². The third-order valence-electron chi connectivity index (χ3n) is 5.01. The predicted octanol–water partition coefficient (Wildman–Crippen LogP) is 2.99. The van der Waals surface area contributed by atoms with Crippen LogP contribution >= 0.6 is 0 Å². The maximum atomic E-state index is 9.85. The van der Waals surface area contributed by atoms with Crippen molar-refractivity contribution in [1.82, 2.24) is 5.32 Å². The summed E-state index contributed by atoms with van der Waals surface area (Å²) in [7, 11) is 0. The van der Waals surface area contributed by atoms with Gasteiger partial charge in [0.1, 0.15) is 5.75 Å². The number of aromatic hydroxyl groups is 1. The molecule has 1 aromatic rings. The van der Waals surface area contributed by atoms with Crippen LogP contribution in [0.3, 0.4) is 0 Å². The highest BCUT2D eigenvalue weighted by Gasteiger charge is 2.44. The first-order chi connectivity index (χ1) is 8.76. The molecule has 18 heavy (non-hydrogen) atoms. The van der Waals surface area contributed by atoms with Crippen molar-refractivity contribution in [2.24, 2.45) is 5.92 Å². The molecular weight excluding hydrogens is 222 g/mol. The zero-order valence-corrected chi connectivity index (χ0v) is 11.2. The van der Waals surface area contributed by atoms with Gasteiger partial charge in [-0.25, -0.2) is 0 Å². The molecule has 2 atom stereocenters. The second-order valence-electron chi connectivity index (χ2n) is 5.94. The maximum absolute atomic E-state index is 9.85. The second kappa shape index (κ2) is 4.58. The number of fused-ring (bicyclic) bond motifs is 3. The molecule has 1 aromatic carbocycles. The van der Waals surface area contributed by atoms with Crippen LogP contribution in [0, 0.1) is 5.92 Å². The molecule has 0 radical (unpaired) electrons. The fourth-order valence-corrected chi connectivity index (χ4v) is 4.21. The second-order valence-corrected chi connectivity index (χ2v) is 5.94. The lowest BCUT2D eigenvalue weighted by molar-refractivity contribution is 0.160. The van der Waals surface area contributed by atoms with Crippen molar-refractivity contribution >= 4 is 0 Å². The number of piperidine rings is 1. The first-order valence-corrected chi connectivity index (χ1v) is 7.29. The molecule has 0 unspecified atom stereocenters. The summed E-state index contributed by atoms with van der Waals surface area (Å²) >= 11 is 0. The first kappa shape index (κ1) is 12.0. The minimum atomic E-state index is 0.326. The zero-order chi connectivity index (χ0) is 12.6. The van der Waals surface area contributed by atoms with Crippen LogP contribution in [0.4, 0.5) is 0 Å². The lowest BCUT2D eigenvalue weighted by atomic mass is 9.58. The van der Waals surface area contributed by atoms with Crippen LogP contribution in [0.1, 0.15) is 43.7 Å². The van der Waals surface area contributed by atoms with Crippen LogP contribution in [0.5, 0.6) is 5.75 Å². The Morgan fingerprint density at radius 2 is 2.33 bits per heavy atom. The molecule has 1 heterocycles. The van der Waals surface area contributed by atoms with Crippen LogP contribution in [0.2, 0.25) is 0 Å². The summed E-state index contributed by atoms with van der Waals surface area (Å²) < 4.78 is 0. The third-order valence-corrected chi connectivity index (χ3v) is 5.01. The Labute approximate surface area is 109 Å². The monoisotopic (exact) mass is 245 g/mol. The molecule has 1 saturated heterocycles. The van der Waals surface area contributed by atoms with Crippen LogP contribution in [-0.4, -0.2) is 18.2 Å². The zero-order valence-electron chi connectivity index (χ0n) is 11.2. The van der Waals surface area contributed by atoms with Crippen molar-refractivity contribution in [3.05, 3.63) is 29.3 Å². The highest BCUT2D eigenvalue weighted by Crippen LogP contribution is 2.49. The van der Waals surface area contributed by atoms with Gasteiger partial charge in [-0.15, -0.1) is 0 Å². The van der Waals surface area contributed by atoms with Crippen molar-refractivity contribution in [3.63, 3.8) is 0 Å².